The van der Waals surface area contributed by atoms with Gasteiger partial charge in [0.2, 0.25) is 0 Å². The van der Waals surface area contributed by atoms with Crippen LogP contribution >= 0.6 is 0 Å². The van der Waals surface area contributed by atoms with Crippen LogP contribution in [0.25, 0.3) is 0 Å². The number of benzene rings is 1. The van der Waals surface area contributed by atoms with Gasteiger partial charge in [-0.25, -0.2) is 0 Å². The van der Waals surface area contributed by atoms with Crippen LogP contribution in [0.3, 0.4) is 0 Å². The maximum atomic E-state index is 11.2. The number of carbonyl (C=O) groups is 1. The fourth-order valence-electron chi connectivity index (χ4n) is 1.36. The largest absolute Gasteiger partial charge is 0.399 e. The molecule has 1 atom stereocenters. The summed E-state index contributed by atoms with van der Waals surface area (Å²) in [6, 6.07) is 5.38. The lowest BCUT2D eigenvalue weighted by molar-refractivity contribution is 0.100. The second kappa shape index (κ2) is 5.54. The molecule has 1 aromatic rings. The number of likely N-dealkylation sites (N-methyl/N-ethyl adjacent to an activating group) is 1. The zero-order valence-electron chi connectivity index (χ0n) is 10.5. The van der Waals surface area contributed by atoms with Crippen molar-refractivity contribution < 1.29 is 4.79 Å². The predicted octanol–water partition coefficient (Wildman–Crippen LogP) is 0.730. The van der Waals surface area contributed by atoms with E-state index in [1.807, 2.05) is 14.1 Å². The highest BCUT2D eigenvalue weighted by molar-refractivity contribution is 5.99. The molecule has 0 bridgehead atoms. The highest BCUT2D eigenvalue weighted by Crippen LogP contribution is 2.18. The van der Waals surface area contributed by atoms with Crippen molar-refractivity contribution in [1.29, 1.82) is 0 Å². The van der Waals surface area contributed by atoms with Gasteiger partial charge in [-0.1, -0.05) is 0 Å². The van der Waals surface area contributed by atoms with Crippen LogP contribution in [-0.4, -0.2) is 37.5 Å². The molecule has 1 aromatic carbocycles. The maximum absolute atomic E-state index is 11.2. The molecule has 17 heavy (non-hydrogen) atoms. The Morgan fingerprint density at radius 2 is 2.12 bits per heavy atom. The maximum Gasteiger partial charge on any atom is 0.250 e. The van der Waals surface area contributed by atoms with Crippen LogP contribution in [0, 0.1) is 0 Å². The summed E-state index contributed by atoms with van der Waals surface area (Å²) in [6.45, 7) is 2.81. The molecule has 0 radical (unpaired) electrons. The zero-order chi connectivity index (χ0) is 13.0. The first-order valence-corrected chi connectivity index (χ1v) is 5.51. The van der Waals surface area contributed by atoms with Crippen molar-refractivity contribution in [3.05, 3.63) is 23.8 Å². The molecule has 0 fully saturated rings. The summed E-state index contributed by atoms with van der Waals surface area (Å²) in [7, 11) is 4.00. The summed E-state index contributed by atoms with van der Waals surface area (Å²) < 4.78 is 0. The Labute approximate surface area is 102 Å². The molecule has 0 saturated heterocycles. The minimum Gasteiger partial charge on any atom is -0.399 e. The first kappa shape index (κ1) is 13.3. The summed E-state index contributed by atoms with van der Waals surface area (Å²) >= 11 is 0. The van der Waals surface area contributed by atoms with Gasteiger partial charge in [0.05, 0.1) is 5.56 Å². The van der Waals surface area contributed by atoms with Crippen LogP contribution in [-0.2, 0) is 0 Å². The van der Waals surface area contributed by atoms with E-state index in [4.69, 9.17) is 11.5 Å². The molecule has 1 rings (SSSR count). The number of hydrogen-bond donors (Lipinski definition) is 3. The highest BCUT2D eigenvalue weighted by atomic mass is 16.1. The van der Waals surface area contributed by atoms with Gasteiger partial charge in [-0.2, -0.15) is 0 Å². The third kappa shape index (κ3) is 3.64. The van der Waals surface area contributed by atoms with Gasteiger partial charge in [0, 0.05) is 24.0 Å². The van der Waals surface area contributed by atoms with Gasteiger partial charge in [-0.3, -0.25) is 4.79 Å². The first-order chi connectivity index (χ1) is 7.91. The molecule has 0 aliphatic heterocycles. The van der Waals surface area contributed by atoms with E-state index >= 15 is 0 Å². The second-order valence-corrected chi connectivity index (χ2v) is 4.36. The van der Waals surface area contributed by atoms with Crippen molar-refractivity contribution in [1.82, 2.24) is 4.90 Å². The van der Waals surface area contributed by atoms with Crippen molar-refractivity contribution in [2.24, 2.45) is 5.73 Å². The Morgan fingerprint density at radius 3 is 2.65 bits per heavy atom. The lowest BCUT2D eigenvalue weighted by Crippen LogP contribution is -2.32. The van der Waals surface area contributed by atoms with Crippen LogP contribution in [0.2, 0.25) is 0 Å². The van der Waals surface area contributed by atoms with Crippen LogP contribution in [0.1, 0.15) is 17.3 Å². The van der Waals surface area contributed by atoms with Crippen LogP contribution in [0.15, 0.2) is 18.2 Å². The van der Waals surface area contributed by atoms with Gasteiger partial charge in [0.25, 0.3) is 5.91 Å². The molecule has 94 valence electrons. The molecular formula is C12H20N4O. The van der Waals surface area contributed by atoms with Crippen molar-refractivity contribution in [3.8, 4) is 0 Å². The molecular weight excluding hydrogens is 216 g/mol. The average molecular weight is 236 g/mol. The van der Waals surface area contributed by atoms with E-state index < -0.39 is 5.91 Å². The van der Waals surface area contributed by atoms with E-state index in [1.54, 1.807) is 18.2 Å². The number of anilines is 2. The van der Waals surface area contributed by atoms with Crippen LogP contribution in [0.5, 0.6) is 0 Å². The number of nitrogens with two attached hydrogens (primary N) is 2. The molecule has 0 aromatic heterocycles. The molecule has 5 N–H and O–H groups in total. The Bertz CT molecular complexity index is 403. The first-order valence-electron chi connectivity index (χ1n) is 5.51. The van der Waals surface area contributed by atoms with Gasteiger partial charge in [-0.05, 0) is 39.2 Å². The van der Waals surface area contributed by atoms with Gasteiger partial charge < -0.3 is 21.7 Å². The normalized spacial score (nSPS) is 12.5. The van der Waals surface area contributed by atoms with E-state index in [1.165, 1.54) is 0 Å². The van der Waals surface area contributed by atoms with Crippen LogP contribution < -0.4 is 16.8 Å². The lowest BCUT2D eigenvalue weighted by atomic mass is 10.1. The van der Waals surface area contributed by atoms with E-state index in [0.29, 0.717) is 23.0 Å². The number of primary amides is 1. The molecule has 5 heteroatoms. The predicted molar refractivity (Wildman–Crippen MR) is 71.0 cm³/mol. The number of rotatable bonds is 5. The third-order valence-electron chi connectivity index (χ3n) is 2.78. The molecule has 1 amide bonds. The summed E-state index contributed by atoms with van der Waals surface area (Å²) in [6.07, 6.45) is 0. The number of carbonyl (C=O) groups excluding carboxylic acids is 1. The molecule has 0 spiro atoms. The Hall–Kier alpha value is -1.75. The number of nitrogens with zero attached hydrogens (tertiary/aromatic N) is 1. The van der Waals surface area contributed by atoms with E-state index in [9.17, 15) is 4.79 Å². The standard InChI is InChI=1S/C12H20N4O/c1-8(16(2)3)7-15-11-6-9(13)4-5-10(11)12(14)17/h4-6,8,15H,7,13H2,1-3H3,(H2,14,17). The van der Waals surface area contributed by atoms with Crippen molar-refractivity contribution in [3.63, 3.8) is 0 Å². The Kier molecular flexibility index (Phi) is 4.34. The molecule has 5 nitrogen and oxygen atoms in total. The average Bonchev–Trinajstić information content (AvgIpc) is 2.25. The fraction of sp³-hybridized carbons (Fsp3) is 0.417. The quantitative estimate of drug-likeness (QED) is 0.658. The minimum atomic E-state index is -0.454. The number of amides is 1. The molecule has 1 unspecified atom stereocenters. The van der Waals surface area contributed by atoms with Crippen molar-refractivity contribution in [2.45, 2.75) is 13.0 Å². The fourth-order valence-corrected chi connectivity index (χ4v) is 1.36. The van der Waals surface area contributed by atoms with Crippen LogP contribution in [0.4, 0.5) is 11.4 Å². The smallest absolute Gasteiger partial charge is 0.250 e. The second-order valence-electron chi connectivity index (χ2n) is 4.36. The monoisotopic (exact) mass is 236 g/mol. The van der Waals surface area contributed by atoms with Gasteiger partial charge >= 0.3 is 0 Å². The van der Waals surface area contributed by atoms with Crippen molar-refractivity contribution in [2.75, 3.05) is 31.7 Å². The highest BCUT2D eigenvalue weighted by Gasteiger charge is 2.10. The van der Waals surface area contributed by atoms with E-state index in [0.717, 1.165) is 6.54 Å². The minimum absolute atomic E-state index is 0.345. The summed E-state index contributed by atoms with van der Waals surface area (Å²) in [5, 5.41) is 3.19. The summed E-state index contributed by atoms with van der Waals surface area (Å²) in [4.78, 5) is 13.3. The molecule has 0 saturated carbocycles. The summed E-state index contributed by atoms with van der Waals surface area (Å²) in [5.41, 5.74) is 12.7. The third-order valence-corrected chi connectivity index (χ3v) is 2.78. The molecule has 0 heterocycles. The molecule has 0 aliphatic carbocycles. The van der Waals surface area contributed by atoms with Gasteiger partial charge in [-0.15, -0.1) is 0 Å². The van der Waals surface area contributed by atoms with Crippen molar-refractivity contribution >= 4 is 17.3 Å². The number of nitrogen functional groups attached to an aromatic ring is 1. The number of hydrogen-bond acceptors (Lipinski definition) is 4. The zero-order valence-corrected chi connectivity index (χ0v) is 10.5. The van der Waals surface area contributed by atoms with E-state index in [-0.39, 0.29) is 0 Å². The summed E-state index contributed by atoms with van der Waals surface area (Å²) in [5.74, 6) is -0.454. The SMILES string of the molecule is CC(CNc1cc(N)ccc1C(N)=O)N(C)C. The van der Waals surface area contributed by atoms with E-state index in [2.05, 4.69) is 17.1 Å². The Morgan fingerprint density at radius 1 is 1.47 bits per heavy atom. The van der Waals surface area contributed by atoms with Gasteiger partial charge in [0.1, 0.15) is 0 Å². The Balaban J connectivity index is 2.82. The molecule has 0 aliphatic rings. The number of nitrogens with one attached hydrogen (secondary N) is 1. The lowest BCUT2D eigenvalue weighted by Gasteiger charge is -2.21. The topological polar surface area (TPSA) is 84.4 Å². The van der Waals surface area contributed by atoms with Gasteiger partial charge in [0.15, 0.2) is 0 Å².